The van der Waals surface area contributed by atoms with E-state index in [0.29, 0.717) is 0 Å². The van der Waals surface area contributed by atoms with Crippen LogP contribution < -0.4 is 5.73 Å². The van der Waals surface area contributed by atoms with Crippen LogP contribution in [0.15, 0.2) is 26.9 Å². The highest BCUT2D eigenvalue weighted by Gasteiger charge is 2.05. The molecular weight excluding hydrogens is 254 g/mol. The van der Waals surface area contributed by atoms with Gasteiger partial charge >= 0.3 is 0 Å². The van der Waals surface area contributed by atoms with E-state index in [2.05, 4.69) is 28.6 Å². The first-order valence-electron chi connectivity index (χ1n) is 3.33. The molecule has 0 aliphatic carbocycles. The number of thiophene rings is 1. The average molecular weight is 260 g/mol. The standard InChI is InChI=1S/C8H6BrNS2/c9-5-1-4(11)2-7-8(5)6(10)3-12-7/h1-3,11H,10H2. The quantitative estimate of drug-likeness (QED) is 0.696. The van der Waals surface area contributed by atoms with E-state index >= 15 is 0 Å². The van der Waals surface area contributed by atoms with Gasteiger partial charge in [-0.3, -0.25) is 0 Å². The van der Waals surface area contributed by atoms with Gasteiger partial charge in [0.15, 0.2) is 0 Å². The molecule has 0 unspecified atom stereocenters. The topological polar surface area (TPSA) is 26.0 Å². The second-order valence-corrected chi connectivity index (χ2v) is 4.77. The summed E-state index contributed by atoms with van der Waals surface area (Å²) in [6, 6.07) is 3.97. The van der Waals surface area contributed by atoms with Gasteiger partial charge < -0.3 is 5.73 Å². The van der Waals surface area contributed by atoms with Crippen LogP contribution in [0.5, 0.6) is 0 Å². The van der Waals surface area contributed by atoms with Crippen molar-refractivity contribution in [3.8, 4) is 0 Å². The molecule has 2 N–H and O–H groups in total. The predicted molar refractivity (Wildman–Crippen MR) is 61.2 cm³/mol. The number of hydrogen-bond acceptors (Lipinski definition) is 3. The van der Waals surface area contributed by atoms with Gasteiger partial charge in [0.1, 0.15) is 0 Å². The second kappa shape index (κ2) is 2.94. The normalized spacial score (nSPS) is 10.8. The molecule has 0 aliphatic rings. The number of rotatable bonds is 0. The predicted octanol–water partition coefficient (Wildman–Crippen LogP) is 3.53. The van der Waals surface area contributed by atoms with Gasteiger partial charge in [-0.05, 0) is 12.1 Å². The molecule has 2 aromatic rings. The molecule has 62 valence electrons. The van der Waals surface area contributed by atoms with Crippen molar-refractivity contribution in [2.24, 2.45) is 0 Å². The lowest BCUT2D eigenvalue weighted by Crippen LogP contribution is -1.81. The van der Waals surface area contributed by atoms with Crippen LogP contribution >= 0.6 is 39.9 Å². The summed E-state index contributed by atoms with van der Waals surface area (Å²) in [5.74, 6) is 0. The van der Waals surface area contributed by atoms with Crippen molar-refractivity contribution in [2.45, 2.75) is 4.90 Å². The molecule has 0 amide bonds. The van der Waals surface area contributed by atoms with Crippen molar-refractivity contribution in [2.75, 3.05) is 5.73 Å². The van der Waals surface area contributed by atoms with Crippen LogP contribution in [0, 0.1) is 0 Å². The number of hydrogen-bond donors (Lipinski definition) is 2. The maximum Gasteiger partial charge on any atom is 0.0514 e. The van der Waals surface area contributed by atoms with Crippen LogP contribution in [0.2, 0.25) is 0 Å². The Bertz CT molecular complexity index is 436. The number of thiol groups is 1. The fourth-order valence-electron chi connectivity index (χ4n) is 1.13. The number of benzene rings is 1. The Hall–Kier alpha value is -0.190. The Morgan fingerprint density at radius 1 is 1.42 bits per heavy atom. The molecule has 4 heteroatoms. The lowest BCUT2D eigenvalue weighted by Gasteiger charge is -1.97. The molecule has 1 aromatic heterocycles. The van der Waals surface area contributed by atoms with E-state index in [-0.39, 0.29) is 0 Å². The van der Waals surface area contributed by atoms with Crippen LogP contribution in [0.3, 0.4) is 0 Å². The lowest BCUT2D eigenvalue weighted by molar-refractivity contribution is 1.52. The molecule has 0 atom stereocenters. The zero-order valence-electron chi connectivity index (χ0n) is 6.04. The van der Waals surface area contributed by atoms with Gasteiger partial charge in [0, 0.05) is 24.8 Å². The first kappa shape index (κ1) is 8.41. The molecule has 0 spiro atoms. The Kier molecular flexibility index (Phi) is 2.06. The number of nitrogens with two attached hydrogens (primary N) is 1. The molecule has 1 heterocycles. The smallest absolute Gasteiger partial charge is 0.0514 e. The van der Waals surface area contributed by atoms with E-state index in [1.54, 1.807) is 11.3 Å². The van der Waals surface area contributed by atoms with Crippen molar-refractivity contribution in [1.29, 1.82) is 0 Å². The molecule has 2 rings (SSSR count). The fourth-order valence-corrected chi connectivity index (χ4v) is 3.38. The molecule has 0 saturated carbocycles. The Morgan fingerprint density at radius 2 is 2.17 bits per heavy atom. The van der Waals surface area contributed by atoms with E-state index in [1.165, 1.54) is 4.70 Å². The molecule has 12 heavy (non-hydrogen) atoms. The minimum atomic E-state index is 0.829. The summed E-state index contributed by atoms with van der Waals surface area (Å²) in [5.41, 5.74) is 6.61. The van der Waals surface area contributed by atoms with Crippen LogP contribution in [0.4, 0.5) is 5.69 Å². The van der Waals surface area contributed by atoms with E-state index in [1.807, 2.05) is 17.5 Å². The van der Waals surface area contributed by atoms with Gasteiger partial charge in [-0.15, -0.1) is 24.0 Å². The Balaban J connectivity index is 2.93. The number of halogens is 1. The second-order valence-electron chi connectivity index (χ2n) is 2.49. The van der Waals surface area contributed by atoms with E-state index in [4.69, 9.17) is 5.73 Å². The maximum absolute atomic E-state index is 5.78. The van der Waals surface area contributed by atoms with Crippen molar-refractivity contribution in [3.05, 3.63) is 22.0 Å². The Morgan fingerprint density at radius 3 is 2.92 bits per heavy atom. The van der Waals surface area contributed by atoms with E-state index in [9.17, 15) is 0 Å². The van der Waals surface area contributed by atoms with Gasteiger partial charge in [0.25, 0.3) is 0 Å². The monoisotopic (exact) mass is 259 g/mol. The summed E-state index contributed by atoms with van der Waals surface area (Å²) in [4.78, 5) is 0.955. The van der Waals surface area contributed by atoms with Crippen LogP contribution in [-0.2, 0) is 0 Å². The molecular formula is C8H6BrNS2. The summed E-state index contributed by atoms with van der Waals surface area (Å²) >= 11 is 9.37. The molecule has 0 fully saturated rings. The summed E-state index contributed by atoms with van der Waals surface area (Å²) < 4.78 is 2.19. The van der Waals surface area contributed by atoms with Gasteiger partial charge in [0.05, 0.1) is 5.69 Å². The average Bonchev–Trinajstić information content (AvgIpc) is 2.31. The van der Waals surface area contributed by atoms with Crippen LogP contribution in [0.1, 0.15) is 0 Å². The van der Waals surface area contributed by atoms with Crippen LogP contribution in [-0.4, -0.2) is 0 Å². The third-order valence-corrected chi connectivity index (χ3v) is 3.47. The first-order valence-corrected chi connectivity index (χ1v) is 5.45. The van der Waals surface area contributed by atoms with E-state index in [0.717, 1.165) is 20.4 Å². The molecule has 1 aromatic carbocycles. The highest BCUT2D eigenvalue weighted by atomic mass is 79.9. The molecule has 0 radical (unpaired) electrons. The molecule has 0 aliphatic heterocycles. The zero-order chi connectivity index (χ0) is 8.72. The van der Waals surface area contributed by atoms with Gasteiger partial charge in [-0.25, -0.2) is 0 Å². The molecule has 0 bridgehead atoms. The van der Waals surface area contributed by atoms with Crippen molar-refractivity contribution in [3.63, 3.8) is 0 Å². The number of nitrogen functional groups attached to an aromatic ring is 1. The highest BCUT2D eigenvalue weighted by Crippen LogP contribution is 2.35. The summed E-state index contributed by atoms with van der Waals surface area (Å²) in [6.45, 7) is 0. The highest BCUT2D eigenvalue weighted by molar-refractivity contribution is 9.10. The van der Waals surface area contributed by atoms with Crippen LogP contribution in [0.25, 0.3) is 10.1 Å². The summed E-state index contributed by atoms with van der Waals surface area (Å²) in [6.07, 6.45) is 0. The summed E-state index contributed by atoms with van der Waals surface area (Å²) in [7, 11) is 0. The zero-order valence-corrected chi connectivity index (χ0v) is 9.34. The fraction of sp³-hybridized carbons (Fsp3) is 0. The number of fused-ring (bicyclic) bond motifs is 1. The lowest BCUT2D eigenvalue weighted by atomic mass is 10.2. The third-order valence-electron chi connectivity index (χ3n) is 1.64. The SMILES string of the molecule is Nc1csc2cc(S)cc(Br)c12. The Labute approximate surface area is 88.1 Å². The molecule has 0 saturated heterocycles. The molecule has 1 nitrogen and oxygen atoms in total. The summed E-state index contributed by atoms with van der Waals surface area (Å²) in [5, 5.41) is 3.04. The van der Waals surface area contributed by atoms with Gasteiger partial charge in [0.2, 0.25) is 0 Å². The largest absolute Gasteiger partial charge is 0.398 e. The minimum Gasteiger partial charge on any atom is -0.398 e. The van der Waals surface area contributed by atoms with E-state index < -0.39 is 0 Å². The van der Waals surface area contributed by atoms with Crippen molar-refractivity contribution in [1.82, 2.24) is 0 Å². The van der Waals surface area contributed by atoms with Crippen molar-refractivity contribution < 1.29 is 0 Å². The minimum absolute atomic E-state index is 0.829. The third kappa shape index (κ3) is 1.24. The first-order chi connectivity index (χ1) is 5.68. The van der Waals surface area contributed by atoms with Crippen molar-refractivity contribution >= 4 is 55.7 Å². The number of anilines is 1. The maximum atomic E-state index is 5.78. The van der Waals surface area contributed by atoms with Gasteiger partial charge in [-0.2, -0.15) is 0 Å². The van der Waals surface area contributed by atoms with Gasteiger partial charge in [-0.1, -0.05) is 15.9 Å².